The second kappa shape index (κ2) is 13.3. The van der Waals surface area contributed by atoms with Crippen LogP contribution in [-0.4, -0.2) is 15.0 Å². The Morgan fingerprint density at radius 3 is 1.50 bits per heavy atom. The molecule has 0 radical (unpaired) electrons. The summed E-state index contributed by atoms with van der Waals surface area (Å²) in [6.45, 7) is 0. The summed E-state index contributed by atoms with van der Waals surface area (Å²) in [5.41, 5.74) is 11.5. The third kappa shape index (κ3) is 5.40. The summed E-state index contributed by atoms with van der Waals surface area (Å²) in [5, 5.41) is 4.61. The maximum Gasteiger partial charge on any atom is 0.165 e. The van der Waals surface area contributed by atoms with Gasteiger partial charge in [-0.15, -0.1) is 11.3 Å². The summed E-state index contributed by atoms with van der Waals surface area (Å²) < 4.78 is 9.00. The Morgan fingerprint density at radius 2 is 0.804 bits per heavy atom. The molecule has 0 fully saturated rings. The fraction of sp³-hybridized carbons (Fsp3) is 0. The number of hydrogen-bond donors (Lipinski definition) is 0. The SMILES string of the molecule is c1ccc(-c2ccc(-c3nc(-c4ccccc4)nc(-c4cccc5c4sc4c(-c6ccc(-c7ccccc7)c7oc8ccccc8c67)cccc45)n3)cc2)cc1. The molecule has 0 aliphatic rings. The van der Waals surface area contributed by atoms with Gasteiger partial charge in [0.05, 0.1) is 0 Å². The largest absolute Gasteiger partial charge is 0.455 e. The van der Waals surface area contributed by atoms with Gasteiger partial charge in [-0.05, 0) is 40.5 Å². The lowest BCUT2D eigenvalue weighted by Gasteiger charge is -2.10. The van der Waals surface area contributed by atoms with Crippen LogP contribution in [0.25, 0.3) is 110 Å². The molecule has 0 aliphatic heterocycles. The lowest BCUT2D eigenvalue weighted by Crippen LogP contribution is -2.00. The lowest BCUT2D eigenvalue weighted by molar-refractivity contribution is 0.670. The van der Waals surface area contributed by atoms with Crippen LogP contribution in [0.15, 0.2) is 192 Å². The summed E-state index contributed by atoms with van der Waals surface area (Å²) in [7, 11) is 0. The minimum atomic E-state index is 0.639. The fourth-order valence-electron chi connectivity index (χ4n) is 7.89. The van der Waals surface area contributed by atoms with Crippen LogP contribution in [0.1, 0.15) is 0 Å². The van der Waals surface area contributed by atoms with Gasteiger partial charge >= 0.3 is 0 Å². The van der Waals surface area contributed by atoms with Crippen molar-refractivity contribution in [2.75, 3.05) is 0 Å². The molecule has 0 N–H and O–H groups in total. The van der Waals surface area contributed by atoms with E-state index in [0.29, 0.717) is 17.5 Å². The van der Waals surface area contributed by atoms with E-state index in [-0.39, 0.29) is 0 Å². The third-order valence-corrected chi connectivity index (χ3v) is 11.9. The smallest absolute Gasteiger partial charge is 0.165 e. The van der Waals surface area contributed by atoms with Gasteiger partial charge < -0.3 is 4.42 Å². The van der Waals surface area contributed by atoms with E-state index in [1.165, 1.54) is 26.6 Å². The van der Waals surface area contributed by atoms with E-state index in [0.717, 1.165) is 65.6 Å². The van der Waals surface area contributed by atoms with E-state index in [9.17, 15) is 0 Å². The highest BCUT2D eigenvalue weighted by molar-refractivity contribution is 7.26. The normalized spacial score (nSPS) is 11.6. The molecule has 0 atom stereocenters. The van der Waals surface area contributed by atoms with Crippen LogP contribution in [0, 0.1) is 0 Å². The third-order valence-electron chi connectivity index (χ3n) is 10.6. The average Bonchev–Trinajstić information content (AvgIpc) is 3.86. The van der Waals surface area contributed by atoms with Crippen molar-refractivity contribution >= 4 is 53.4 Å². The molecule has 11 aromatic rings. The zero-order chi connectivity index (χ0) is 37.0. The molecule has 3 heterocycles. The molecule has 56 heavy (non-hydrogen) atoms. The molecule has 4 nitrogen and oxygen atoms in total. The van der Waals surface area contributed by atoms with Crippen LogP contribution >= 0.6 is 11.3 Å². The highest BCUT2D eigenvalue weighted by atomic mass is 32.1. The molecule has 5 heteroatoms. The van der Waals surface area contributed by atoms with E-state index in [1.54, 1.807) is 11.3 Å². The first-order valence-corrected chi connectivity index (χ1v) is 19.5. The van der Waals surface area contributed by atoms with Crippen LogP contribution in [0.3, 0.4) is 0 Å². The van der Waals surface area contributed by atoms with Crippen LogP contribution in [0.4, 0.5) is 0 Å². The van der Waals surface area contributed by atoms with Crippen molar-refractivity contribution in [2.24, 2.45) is 0 Å². The molecule has 0 saturated heterocycles. The van der Waals surface area contributed by atoms with Crippen LogP contribution in [0.2, 0.25) is 0 Å². The van der Waals surface area contributed by atoms with Crippen molar-refractivity contribution in [3.63, 3.8) is 0 Å². The fourth-order valence-corrected chi connectivity index (χ4v) is 9.23. The van der Waals surface area contributed by atoms with E-state index < -0.39 is 0 Å². The van der Waals surface area contributed by atoms with Crippen LogP contribution < -0.4 is 0 Å². The average molecular weight is 734 g/mol. The van der Waals surface area contributed by atoms with Gasteiger partial charge in [-0.2, -0.15) is 0 Å². The van der Waals surface area contributed by atoms with Gasteiger partial charge in [0.25, 0.3) is 0 Å². The number of rotatable bonds is 6. The Balaban J connectivity index is 1.10. The van der Waals surface area contributed by atoms with Gasteiger partial charge in [0.15, 0.2) is 17.5 Å². The number of para-hydroxylation sites is 1. The van der Waals surface area contributed by atoms with Crippen molar-refractivity contribution in [3.05, 3.63) is 188 Å². The number of thiophene rings is 1. The molecule has 0 spiro atoms. The first kappa shape index (κ1) is 32.2. The molecular weight excluding hydrogens is 703 g/mol. The van der Waals surface area contributed by atoms with E-state index in [4.69, 9.17) is 19.4 Å². The van der Waals surface area contributed by atoms with E-state index in [1.807, 2.05) is 36.4 Å². The predicted octanol–water partition coefficient (Wildman–Crippen LogP) is 14.1. The number of furan rings is 1. The number of hydrogen-bond acceptors (Lipinski definition) is 5. The van der Waals surface area contributed by atoms with Crippen molar-refractivity contribution < 1.29 is 4.42 Å². The van der Waals surface area contributed by atoms with Crippen molar-refractivity contribution in [2.45, 2.75) is 0 Å². The Hall–Kier alpha value is -7.21. The highest BCUT2D eigenvalue weighted by Gasteiger charge is 2.21. The van der Waals surface area contributed by atoms with Crippen molar-refractivity contribution in [1.29, 1.82) is 0 Å². The lowest BCUT2D eigenvalue weighted by atomic mass is 9.94. The van der Waals surface area contributed by atoms with E-state index in [2.05, 4.69) is 152 Å². The first-order valence-electron chi connectivity index (χ1n) is 18.7. The van der Waals surface area contributed by atoms with Crippen molar-refractivity contribution in [1.82, 2.24) is 15.0 Å². The predicted molar refractivity (Wildman–Crippen MR) is 233 cm³/mol. The Morgan fingerprint density at radius 1 is 0.321 bits per heavy atom. The molecule has 0 bridgehead atoms. The first-order chi connectivity index (χ1) is 27.8. The van der Waals surface area contributed by atoms with Crippen LogP contribution in [0.5, 0.6) is 0 Å². The van der Waals surface area contributed by atoms with Gasteiger partial charge in [0.2, 0.25) is 0 Å². The molecular formula is C51H31N3OS. The van der Waals surface area contributed by atoms with Crippen molar-refractivity contribution in [3.8, 4) is 67.5 Å². The quantitative estimate of drug-likeness (QED) is 0.171. The molecule has 11 rings (SSSR count). The maximum absolute atomic E-state index is 6.65. The highest BCUT2D eigenvalue weighted by Crippen LogP contribution is 2.47. The van der Waals surface area contributed by atoms with Gasteiger partial charge in [-0.25, -0.2) is 15.0 Å². The summed E-state index contributed by atoms with van der Waals surface area (Å²) >= 11 is 1.79. The number of benzene rings is 8. The molecule has 0 aliphatic carbocycles. The maximum atomic E-state index is 6.65. The molecule has 8 aromatic carbocycles. The summed E-state index contributed by atoms with van der Waals surface area (Å²) in [4.78, 5) is 15.4. The van der Waals surface area contributed by atoms with Gasteiger partial charge in [0, 0.05) is 58.8 Å². The Bertz CT molecular complexity index is 3230. The minimum Gasteiger partial charge on any atom is -0.455 e. The number of nitrogens with zero attached hydrogens (tertiary/aromatic N) is 3. The van der Waals surface area contributed by atoms with E-state index >= 15 is 0 Å². The zero-order valence-electron chi connectivity index (χ0n) is 30.1. The molecule has 0 unspecified atom stereocenters. The molecule has 262 valence electrons. The Labute approximate surface area is 327 Å². The summed E-state index contributed by atoms with van der Waals surface area (Å²) in [6, 6.07) is 65.5. The monoisotopic (exact) mass is 733 g/mol. The zero-order valence-corrected chi connectivity index (χ0v) is 30.9. The molecule has 3 aromatic heterocycles. The molecule has 0 amide bonds. The van der Waals surface area contributed by atoms with Gasteiger partial charge in [0.1, 0.15) is 11.2 Å². The second-order valence-electron chi connectivity index (χ2n) is 13.9. The number of aromatic nitrogens is 3. The Kier molecular flexibility index (Phi) is 7.64. The second-order valence-corrected chi connectivity index (χ2v) is 14.9. The van der Waals surface area contributed by atoms with Gasteiger partial charge in [-0.1, -0.05) is 170 Å². The minimum absolute atomic E-state index is 0.639. The van der Waals surface area contributed by atoms with Gasteiger partial charge in [-0.3, -0.25) is 0 Å². The summed E-state index contributed by atoms with van der Waals surface area (Å²) in [5.74, 6) is 1.93. The number of fused-ring (bicyclic) bond motifs is 6. The topological polar surface area (TPSA) is 51.8 Å². The molecule has 0 saturated carbocycles. The standard InChI is InChI=1S/C51H31N3OS/c1-4-14-32(15-5-1)33-26-28-36(29-27-33)50-52-49(35-18-8-3-9-19-35)53-51(54-50)43-24-13-23-41-40-22-12-21-39(47(40)56-48(41)43)38-31-30-37(34-16-6-2-7-17-34)46-45(38)42-20-10-11-25-44(42)55-46/h1-31H. The van der Waals surface area contributed by atoms with Crippen LogP contribution in [-0.2, 0) is 0 Å². The summed E-state index contributed by atoms with van der Waals surface area (Å²) in [6.07, 6.45) is 0.